The van der Waals surface area contributed by atoms with Gasteiger partial charge in [-0.25, -0.2) is 0 Å². The van der Waals surface area contributed by atoms with Crippen LogP contribution < -0.4 is 0 Å². The predicted molar refractivity (Wildman–Crippen MR) is 106 cm³/mol. The van der Waals surface area contributed by atoms with E-state index in [0.717, 1.165) is 35.5 Å². The van der Waals surface area contributed by atoms with Crippen molar-refractivity contribution in [1.29, 1.82) is 0 Å². The Hall–Kier alpha value is -2.47. The second-order valence-electron chi connectivity index (χ2n) is 7.19. The zero-order valence-corrected chi connectivity index (χ0v) is 16.9. The molecular formula is C20H24ClN5O. The third kappa shape index (κ3) is 4.45. The minimum atomic E-state index is -0.0149. The molecule has 27 heavy (non-hydrogen) atoms. The van der Waals surface area contributed by atoms with Gasteiger partial charge in [-0.15, -0.1) is 10.2 Å². The normalized spacial score (nSPS) is 11.3. The monoisotopic (exact) mass is 385 g/mol. The largest absolute Gasteiger partial charge is 0.348 e. The maximum atomic E-state index is 12.8. The molecule has 0 atom stereocenters. The molecule has 0 radical (unpaired) electrons. The van der Waals surface area contributed by atoms with Crippen LogP contribution in [0, 0.1) is 19.8 Å². The van der Waals surface area contributed by atoms with Gasteiger partial charge in [0.15, 0.2) is 5.78 Å². The van der Waals surface area contributed by atoms with E-state index in [1.54, 1.807) is 12.1 Å². The van der Waals surface area contributed by atoms with Crippen LogP contribution in [-0.4, -0.2) is 30.6 Å². The van der Waals surface area contributed by atoms with Gasteiger partial charge in [-0.05, 0) is 61.7 Å². The van der Waals surface area contributed by atoms with Gasteiger partial charge in [0.25, 0.3) is 0 Å². The van der Waals surface area contributed by atoms with Gasteiger partial charge in [0, 0.05) is 34.1 Å². The number of aromatic nitrogens is 5. The van der Waals surface area contributed by atoms with Crippen molar-refractivity contribution in [2.24, 2.45) is 5.92 Å². The third-order valence-electron chi connectivity index (χ3n) is 4.64. The van der Waals surface area contributed by atoms with Crippen LogP contribution in [0.3, 0.4) is 0 Å². The van der Waals surface area contributed by atoms with Crippen LogP contribution in [0.4, 0.5) is 0 Å². The molecule has 2 heterocycles. The Labute approximate surface area is 164 Å². The SMILES string of the molecule is Cc1cc(C(=O)Cn2nnc(-c3ccc(Cl)cc3)n2)c(C)n1CCC(C)C. The van der Waals surface area contributed by atoms with E-state index in [1.807, 2.05) is 32.0 Å². The van der Waals surface area contributed by atoms with Crippen molar-refractivity contribution < 1.29 is 4.79 Å². The Morgan fingerprint density at radius 1 is 1.19 bits per heavy atom. The van der Waals surface area contributed by atoms with E-state index in [2.05, 4.69) is 33.8 Å². The minimum Gasteiger partial charge on any atom is -0.348 e. The molecule has 0 aliphatic rings. The summed E-state index contributed by atoms with van der Waals surface area (Å²) >= 11 is 5.90. The first-order valence-electron chi connectivity index (χ1n) is 9.09. The molecule has 0 N–H and O–H groups in total. The van der Waals surface area contributed by atoms with E-state index in [9.17, 15) is 4.79 Å². The van der Waals surface area contributed by atoms with Crippen LogP contribution in [0.25, 0.3) is 11.4 Å². The first-order valence-corrected chi connectivity index (χ1v) is 9.46. The smallest absolute Gasteiger partial charge is 0.204 e. The van der Waals surface area contributed by atoms with Crippen LogP contribution in [0.1, 0.15) is 42.0 Å². The zero-order chi connectivity index (χ0) is 19.6. The van der Waals surface area contributed by atoms with Gasteiger partial charge in [-0.1, -0.05) is 25.4 Å². The van der Waals surface area contributed by atoms with E-state index in [0.29, 0.717) is 16.8 Å². The molecule has 6 nitrogen and oxygen atoms in total. The summed E-state index contributed by atoms with van der Waals surface area (Å²) in [6.45, 7) is 9.43. The molecular weight excluding hydrogens is 362 g/mol. The van der Waals surface area contributed by atoms with Gasteiger partial charge < -0.3 is 4.57 Å². The lowest BCUT2D eigenvalue weighted by molar-refractivity contribution is 0.0960. The number of carbonyl (C=O) groups excluding carboxylic acids is 1. The number of carbonyl (C=O) groups is 1. The van der Waals surface area contributed by atoms with Gasteiger partial charge in [-0.2, -0.15) is 4.80 Å². The second kappa shape index (κ2) is 8.05. The Morgan fingerprint density at radius 2 is 1.89 bits per heavy atom. The fraction of sp³-hybridized carbons (Fsp3) is 0.400. The van der Waals surface area contributed by atoms with Crippen LogP contribution in [-0.2, 0) is 13.1 Å². The van der Waals surface area contributed by atoms with E-state index in [4.69, 9.17) is 11.6 Å². The average Bonchev–Trinajstić information content (AvgIpc) is 3.18. The molecule has 0 unspecified atom stereocenters. The standard InChI is InChI=1S/C20H24ClN5O/c1-13(2)9-10-25-14(3)11-18(15(25)4)19(27)12-26-23-20(22-24-26)16-5-7-17(21)8-6-16/h5-8,11,13H,9-10,12H2,1-4H3. The number of hydrogen-bond donors (Lipinski definition) is 0. The Kier molecular flexibility index (Phi) is 5.75. The highest BCUT2D eigenvalue weighted by Gasteiger charge is 2.17. The van der Waals surface area contributed by atoms with Crippen molar-refractivity contribution in [2.75, 3.05) is 0 Å². The summed E-state index contributed by atoms with van der Waals surface area (Å²) in [6, 6.07) is 9.15. The van der Waals surface area contributed by atoms with Gasteiger partial charge in [0.05, 0.1) is 0 Å². The van der Waals surface area contributed by atoms with Crippen LogP contribution in [0.5, 0.6) is 0 Å². The quantitative estimate of drug-likeness (QED) is 0.567. The van der Waals surface area contributed by atoms with E-state index in [-0.39, 0.29) is 12.3 Å². The average molecular weight is 386 g/mol. The molecule has 2 aromatic heterocycles. The summed E-state index contributed by atoms with van der Waals surface area (Å²) in [5.74, 6) is 1.08. The number of benzene rings is 1. The second-order valence-corrected chi connectivity index (χ2v) is 7.63. The van der Waals surface area contributed by atoms with Gasteiger partial charge in [0.1, 0.15) is 6.54 Å². The van der Waals surface area contributed by atoms with Crippen LogP contribution >= 0.6 is 11.6 Å². The molecule has 0 bridgehead atoms. The number of halogens is 1. The van der Waals surface area contributed by atoms with Crippen molar-refractivity contribution >= 4 is 17.4 Å². The molecule has 0 saturated carbocycles. The number of tetrazole rings is 1. The molecule has 3 aromatic rings. The maximum Gasteiger partial charge on any atom is 0.204 e. The molecule has 0 fully saturated rings. The lowest BCUT2D eigenvalue weighted by atomic mass is 10.1. The predicted octanol–water partition coefficient (Wildman–Crippen LogP) is 4.34. The van der Waals surface area contributed by atoms with Crippen LogP contribution in [0.15, 0.2) is 30.3 Å². The highest BCUT2D eigenvalue weighted by Crippen LogP contribution is 2.19. The fourth-order valence-electron chi connectivity index (χ4n) is 3.05. The molecule has 0 spiro atoms. The number of rotatable bonds is 7. The van der Waals surface area contributed by atoms with E-state index < -0.39 is 0 Å². The number of ketones is 1. The summed E-state index contributed by atoms with van der Waals surface area (Å²) < 4.78 is 2.21. The van der Waals surface area contributed by atoms with Gasteiger partial charge in [-0.3, -0.25) is 4.79 Å². The van der Waals surface area contributed by atoms with Crippen molar-refractivity contribution in [1.82, 2.24) is 24.8 Å². The molecule has 0 aliphatic carbocycles. The number of hydrogen-bond acceptors (Lipinski definition) is 4. The summed E-state index contributed by atoms with van der Waals surface area (Å²) in [6.07, 6.45) is 1.08. The highest BCUT2D eigenvalue weighted by molar-refractivity contribution is 6.30. The van der Waals surface area contributed by atoms with Crippen LogP contribution in [0.2, 0.25) is 5.02 Å². The van der Waals surface area contributed by atoms with E-state index >= 15 is 0 Å². The van der Waals surface area contributed by atoms with Crippen molar-refractivity contribution in [2.45, 2.75) is 47.2 Å². The van der Waals surface area contributed by atoms with E-state index in [1.165, 1.54) is 4.80 Å². The number of aryl methyl sites for hydroxylation is 1. The van der Waals surface area contributed by atoms with Crippen molar-refractivity contribution in [3.63, 3.8) is 0 Å². The van der Waals surface area contributed by atoms with Gasteiger partial charge >= 0.3 is 0 Å². The summed E-state index contributed by atoms with van der Waals surface area (Å²) in [4.78, 5) is 14.1. The first-order chi connectivity index (χ1) is 12.8. The first kappa shape index (κ1) is 19.3. The molecule has 0 aliphatic heterocycles. The molecule has 1 aromatic carbocycles. The minimum absolute atomic E-state index is 0.0149. The topological polar surface area (TPSA) is 65.6 Å². The lowest BCUT2D eigenvalue weighted by Gasteiger charge is -2.11. The third-order valence-corrected chi connectivity index (χ3v) is 4.90. The zero-order valence-electron chi connectivity index (χ0n) is 16.1. The molecule has 0 amide bonds. The fourth-order valence-corrected chi connectivity index (χ4v) is 3.18. The molecule has 7 heteroatoms. The molecule has 0 saturated heterocycles. The summed E-state index contributed by atoms with van der Waals surface area (Å²) in [5.41, 5.74) is 3.63. The molecule has 3 rings (SSSR count). The maximum absolute atomic E-state index is 12.8. The van der Waals surface area contributed by atoms with Crippen molar-refractivity contribution in [3.05, 3.63) is 52.3 Å². The summed E-state index contributed by atoms with van der Waals surface area (Å²) in [5, 5.41) is 13.0. The Morgan fingerprint density at radius 3 is 2.56 bits per heavy atom. The Bertz CT molecular complexity index is 940. The number of Topliss-reactive ketones (excluding diaryl/α,β-unsaturated/α-hetero) is 1. The summed E-state index contributed by atoms with van der Waals surface area (Å²) in [7, 11) is 0. The highest BCUT2D eigenvalue weighted by atomic mass is 35.5. The lowest BCUT2D eigenvalue weighted by Crippen LogP contribution is -2.14. The van der Waals surface area contributed by atoms with Gasteiger partial charge in [0.2, 0.25) is 5.82 Å². The Balaban J connectivity index is 1.74. The van der Waals surface area contributed by atoms with Crippen molar-refractivity contribution in [3.8, 4) is 11.4 Å². The number of nitrogens with zero attached hydrogens (tertiary/aromatic N) is 5. The molecule has 142 valence electrons.